The van der Waals surface area contributed by atoms with Crippen LogP contribution in [0.4, 0.5) is 5.69 Å². The largest absolute Gasteiger partial charge is 0.497 e. The van der Waals surface area contributed by atoms with Gasteiger partial charge in [-0.2, -0.15) is 0 Å². The maximum atomic E-state index is 7.26. The molecule has 48 heavy (non-hydrogen) atoms. The van der Waals surface area contributed by atoms with E-state index in [4.69, 9.17) is 18.9 Å². The molecule has 4 aromatic rings. The summed E-state index contributed by atoms with van der Waals surface area (Å²) < 4.78 is 24.2. The van der Waals surface area contributed by atoms with Crippen molar-refractivity contribution in [2.45, 2.75) is 73.8 Å². The fourth-order valence-electron chi connectivity index (χ4n) is 6.77. The van der Waals surface area contributed by atoms with Crippen LogP contribution in [0.3, 0.4) is 0 Å². The van der Waals surface area contributed by atoms with Gasteiger partial charge >= 0.3 is 0 Å². The van der Waals surface area contributed by atoms with Crippen LogP contribution in [0, 0.1) is 6.92 Å². The van der Waals surface area contributed by atoms with Crippen molar-refractivity contribution in [3.05, 3.63) is 89.2 Å². The van der Waals surface area contributed by atoms with Gasteiger partial charge in [-0.25, -0.2) is 5.10 Å². The van der Waals surface area contributed by atoms with Crippen molar-refractivity contribution in [2.75, 3.05) is 52.0 Å². The number of rotatable bonds is 14. The average molecular weight is 673 g/mol. The molecule has 0 spiro atoms. The summed E-state index contributed by atoms with van der Waals surface area (Å²) in [6.45, 7) is 10.4. The predicted octanol–water partition coefficient (Wildman–Crippen LogP) is 6.44. The molecule has 1 fully saturated rings. The zero-order valence-electron chi connectivity index (χ0n) is 28.6. The Labute approximate surface area is 288 Å². The van der Waals surface area contributed by atoms with Crippen LogP contribution in [0.5, 0.6) is 11.5 Å². The Morgan fingerprint density at radius 3 is 2.60 bits per heavy atom. The van der Waals surface area contributed by atoms with Gasteiger partial charge in [-0.15, -0.1) is 5.10 Å². The molecule has 11 heteroatoms. The van der Waals surface area contributed by atoms with Crippen molar-refractivity contribution in [3.63, 3.8) is 0 Å². The molecular weight excluding hydrogens is 625 g/mol. The normalized spacial score (nSPS) is 20.2. The summed E-state index contributed by atoms with van der Waals surface area (Å²) in [4.78, 5) is 3.58. The van der Waals surface area contributed by atoms with E-state index < -0.39 is 0 Å². The number of anilines is 1. The third-order valence-corrected chi connectivity index (χ3v) is 10.6. The maximum absolute atomic E-state index is 7.26. The Hall–Kier alpha value is -3.64. The van der Waals surface area contributed by atoms with Crippen LogP contribution in [-0.2, 0) is 14.9 Å². The number of tetrazole rings is 1. The molecule has 6 rings (SSSR count). The number of ether oxygens (including phenoxy) is 4. The molecule has 1 saturated heterocycles. The second-order valence-electron chi connectivity index (χ2n) is 13.4. The first-order valence-electron chi connectivity index (χ1n) is 16.8. The SMILES string of the molecule is COCCCN1CCOc2ccc(C(O[C@H]3CN[C@H](CC(C)(C)c4nnn[nH]4)C[C@@H]3c3ccc(OC)cc3)Sc3ccc(C)cc3)cc21. The van der Waals surface area contributed by atoms with Gasteiger partial charge in [0.05, 0.1) is 25.4 Å². The lowest BCUT2D eigenvalue weighted by Gasteiger charge is -2.41. The topological polar surface area (TPSA) is 107 Å². The number of piperidine rings is 1. The second kappa shape index (κ2) is 15.7. The van der Waals surface area contributed by atoms with E-state index in [-0.39, 0.29) is 28.9 Å². The number of benzene rings is 3. The monoisotopic (exact) mass is 672 g/mol. The van der Waals surface area contributed by atoms with Gasteiger partial charge in [0.25, 0.3) is 0 Å². The zero-order valence-corrected chi connectivity index (χ0v) is 29.5. The molecule has 1 aromatic heterocycles. The lowest BCUT2D eigenvalue weighted by atomic mass is 9.77. The highest BCUT2D eigenvalue weighted by Gasteiger charge is 2.38. The minimum Gasteiger partial charge on any atom is -0.497 e. The number of aromatic amines is 1. The van der Waals surface area contributed by atoms with Crippen LogP contribution in [-0.4, -0.2) is 79.8 Å². The van der Waals surface area contributed by atoms with E-state index >= 15 is 0 Å². The highest BCUT2D eigenvalue weighted by Crippen LogP contribution is 2.44. The molecule has 256 valence electrons. The van der Waals surface area contributed by atoms with Crippen molar-refractivity contribution in [1.82, 2.24) is 25.9 Å². The molecule has 0 amide bonds. The smallest absolute Gasteiger partial charge is 0.154 e. The van der Waals surface area contributed by atoms with Crippen molar-refractivity contribution in [2.24, 2.45) is 0 Å². The molecule has 10 nitrogen and oxygen atoms in total. The van der Waals surface area contributed by atoms with Gasteiger partial charge in [0, 0.05) is 49.1 Å². The van der Waals surface area contributed by atoms with E-state index in [2.05, 4.69) is 106 Å². The number of H-pyrrole nitrogens is 1. The highest BCUT2D eigenvalue weighted by molar-refractivity contribution is 7.99. The van der Waals surface area contributed by atoms with Gasteiger partial charge < -0.3 is 29.2 Å². The Balaban J connectivity index is 1.30. The van der Waals surface area contributed by atoms with Crippen molar-refractivity contribution >= 4 is 17.4 Å². The van der Waals surface area contributed by atoms with Crippen LogP contribution >= 0.6 is 11.8 Å². The quantitative estimate of drug-likeness (QED) is 0.0883. The average Bonchev–Trinajstić information content (AvgIpc) is 3.66. The van der Waals surface area contributed by atoms with Gasteiger partial charge in [0.15, 0.2) is 5.82 Å². The number of hydrogen-bond acceptors (Lipinski definition) is 10. The summed E-state index contributed by atoms with van der Waals surface area (Å²) in [6, 6.07) is 24.0. The number of thioether (sulfide) groups is 1. The molecule has 0 aliphatic carbocycles. The zero-order chi connectivity index (χ0) is 33.5. The van der Waals surface area contributed by atoms with Crippen LogP contribution in [0.2, 0.25) is 0 Å². The Kier molecular flexibility index (Phi) is 11.2. The second-order valence-corrected chi connectivity index (χ2v) is 14.5. The number of nitrogens with zero attached hydrogens (tertiary/aromatic N) is 4. The number of fused-ring (bicyclic) bond motifs is 1. The van der Waals surface area contributed by atoms with Crippen molar-refractivity contribution in [1.29, 1.82) is 0 Å². The highest BCUT2D eigenvalue weighted by atomic mass is 32.2. The maximum Gasteiger partial charge on any atom is 0.154 e. The Morgan fingerprint density at radius 2 is 1.88 bits per heavy atom. The minimum absolute atomic E-state index is 0.0715. The van der Waals surface area contributed by atoms with Gasteiger partial charge in [-0.05, 0) is 84.1 Å². The summed E-state index contributed by atoms with van der Waals surface area (Å²) in [6.07, 6.45) is 2.68. The Bertz CT molecular complexity index is 1580. The van der Waals surface area contributed by atoms with Gasteiger partial charge in [-0.1, -0.05) is 61.5 Å². The van der Waals surface area contributed by atoms with Crippen LogP contribution in [0.25, 0.3) is 0 Å². The molecule has 2 N–H and O–H groups in total. The van der Waals surface area contributed by atoms with Crippen LogP contribution in [0.1, 0.15) is 67.0 Å². The summed E-state index contributed by atoms with van der Waals surface area (Å²) in [5.41, 5.74) is 4.27. The lowest BCUT2D eigenvalue weighted by molar-refractivity contribution is -0.00399. The number of methoxy groups -OCH3 is 2. The molecule has 2 aliphatic rings. The molecule has 3 aromatic carbocycles. The molecular formula is C37H48N6O4S. The van der Waals surface area contributed by atoms with E-state index in [1.54, 1.807) is 26.0 Å². The third-order valence-electron chi connectivity index (χ3n) is 9.44. The number of nitrogens with one attached hydrogen (secondary N) is 2. The van der Waals surface area contributed by atoms with Gasteiger partial charge in [0.1, 0.15) is 23.5 Å². The van der Waals surface area contributed by atoms with Crippen molar-refractivity contribution in [3.8, 4) is 11.5 Å². The van der Waals surface area contributed by atoms with Crippen LogP contribution < -0.4 is 19.7 Å². The number of hydrogen-bond donors (Lipinski definition) is 2. The fraction of sp³-hybridized carbons (Fsp3) is 0.486. The first-order chi connectivity index (χ1) is 23.3. The molecule has 3 heterocycles. The summed E-state index contributed by atoms with van der Waals surface area (Å²) in [5.74, 6) is 2.73. The lowest BCUT2D eigenvalue weighted by Crippen LogP contribution is -2.49. The molecule has 2 aliphatic heterocycles. The molecule has 0 radical (unpaired) electrons. The molecule has 4 atom stereocenters. The first-order valence-corrected chi connectivity index (χ1v) is 17.7. The summed E-state index contributed by atoms with van der Waals surface area (Å²) >= 11 is 1.75. The molecule has 1 unspecified atom stereocenters. The van der Waals surface area contributed by atoms with E-state index in [1.807, 2.05) is 12.1 Å². The van der Waals surface area contributed by atoms with Crippen molar-refractivity contribution < 1.29 is 18.9 Å². The number of aromatic nitrogens is 4. The fourth-order valence-corrected chi connectivity index (χ4v) is 7.79. The molecule has 0 saturated carbocycles. The predicted molar refractivity (Wildman–Crippen MR) is 189 cm³/mol. The van der Waals surface area contributed by atoms with Crippen LogP contribution in [0.15, 0.2) is 71.6 Å². The van der Waals surface area contributed by atoms with Gasteiger partial charge in [-0.3, -0.25) is 0 Å². The van der Waals surface area contributed by atoms with E-state index in [1.165, 1.54) is 16.0 Å². The van der Waals surface area contributed by atoms with Gasteiger partial charge in [0.2, 0.25) is 0 Å². The minimum atomic E-state index is -0.235. The van der Waals surface area contributed by atoms with E-state index in [9.17, 15) is 0 Å². The van der Waals surface area contributed by atoms with E-state index in [0.29, 0.717) is 13.2 Å². The summed E-state index contributed by atoms with van der Waals surface area (Å²) in [7, 11) is 3.46. The Morgan fingerprint density at radius 1 is 1.06 bits per heavy atom. The number of aryl methyl sites for hydroxylation is 1. The molecule has 0 bridgehead atoms. The standard InChI is InChI=1S/C37H48N6O4S/c1-25-7-14-30(15-8-25)48-35(27-11-16-33-32(21-27)43(18-20-46-33)17-6-19-44-4)47-34-24-38-28(23-37(2,3)36-39-41-42-40-36)22-31(34)26-9-12-29(45-5)13-10-26/h7-16,21,28,31,34-35,38H,6,17-20,22-24H2,1-5H3,(H,39,40,41,42)/t28-,31+,34-,35?/m0/s1. The van der Waals surface area contributed by atoms with E-state index in [0.717, 1.165) is 67.5 Å². The first kappa shape index (κ1) is 34.2. The summed E-state index contributed by atoms with van der Waals surface area (Å²) in [5, 5.41) is 18.7. The third kappa shape index (κ3) is 8.31.